The summed E-state index contributed by atoms with van der Waals surface area (Å²) < 4.78 is 5.19. The molecule has 9 heteroatoms. The van der Waals surface area contributed by atoms with Gasteiger partial charge < -0.3 is 20.0 Å². The van der Waals surface area contributed by atoms with Crippen molar-refractivity contribution in [2.45, 2.75) is 19.1 Å². The molecule has 4 rings (SSSR count). The van der Waals surface area contributed by atoms with E-state index in [1.54, 1.807) is 11.3 Å². The molecule has 0 saturated carbocycles. The second kappa shape index (κ2) is 5.07. The van der Waals surface area contributed by atoms with Crippen LogP contribution < -0.4 is 10.6 Å². The molecule has 0 fully saturated rings. The third kappa shape index (κ3) is 2.28. The van der Waals surface area contributed by atoms with E-state index in [-0.39, 0.29) is 11.8 Å². The maximum absolute atomic E-state index is 12.5. The summed E-state index contributed by atoms with van der Waals surface area (Å²) in [7, 11) is 2.06. The number of nitrogens with one attached hydrogen (secondary N) is 2. The van der Waals surface area contributed by atoms with E-state index >= 15 is 0 Å². The molecule has 0 spiro atoms. The minimum Gasteiger partial charge on any atom is -0.402 e. The lowest BCUT2D eigenvalue weighted by Gasteiger charge is -2.25. The van der Waals surface area contributed by atoms with Gasteiger partial charge in [0.2, 0.25) is 0 Å². The van der Waals surface area contributed by atoms with Gasteiger partial charge >= 0.3 is 5.88 Å². The number of fused-ring (bicyclic) bond motifs is 3. The summed E-state index contributed by atoms with van der Waals surface area (Å²) in [6.45, 7) is 1.76. The van der Waals surface area contributed by atoms with Crippen molar-refractivity contribution < 1.29 is 14.1 Å². The summed E-state index contributed by atoms with van der Waals surface area (Å²) in [6, 6.07) is 2.79. The molecule has 0 bridgehead atoms. The minimum absolute atomic E-state index is 0.162. The highest BCUT2D eigenvalue weighted by atomic mass is 32.1. The number of hydrogen-bond donors (Lipinski definition) is 2. The summed E-state index contributed by atoms with van der Waals surface area (Å²) in [5, 5.41) is 17.6. The molecule has 2 aliphatic heterocycles. The Hall–Kier alpha value is -2.39. The number of anilines is 1. The Bertz CT molecular complexity index is 812. The van der Waals surface area contributed by atoms with Gasteiger partial charge in [-0.2, -0.15) is 0 Å². The number of amides is 1. The largest absolute Gasteiger partial charge is 0.433 e. The van der Waals surface area contributed by atoms with E-state index in [4.69, 9.17) is 4.42 Å². The van der Waals surface area contributed by atoms with Crippen molar-refractivity contribution in [2.24, 2.45) is 0 Å². The van der Waals surface area contributed by atoms with Gasteiger partial charge in [-0.1, -0.05) is 0 Å². The first-order chi connectivity index (χ1) is 11.0. The molecular weight excluding hydrogens is 320 g/mol. The fourth-order valence-corrected chi connectivity index (χ4v) is 4.33. The van der Waals surface area contributed by atoms with Crippen LogP contribution in [0.25, 0.3) is 0 Å². The van der Waals surface area contributed by atoms with E-state index in [0.29, 0.717) is 11.3 Å². The number of furan rings is 1. The lowest BCUT2D eigenvalue weighted by molar-refractivity contribution is -0.402. The molecule has 23 heavy (non-hydrogen) atoms. The maximum Gasteiger partial charge on any atom is 0.433 e. The first kappa shape index (κ1) is 14.2. The SMILES string of the molecule is CN1CCc2c(sc3c2C(=O)N[C@H](c2ccc([N+](=O)[O-])o2)N3)C1. The highest BCUT2D eigenvalue weighted by Gasteiger charge is 2.34. The second-order valence-corrected chi connectivity index (χ2v) is 6.78. The van der Waals surface area contributed by atoms with Gasteiger partial charge in [-0.05, 0) is 25.1 Å². The highest BCUT2D eigenvalue weighted by Crippen LogP contribution is 2.40. The Morgan fingerprint density at radius 1 is 1.43 bits per heavy atom. The molecule has 0 radical (unpaired) electrons. The second-order valence-electron chi connectivity index (χ2n) is 5.68. The normalized spacial score (nSPS) is 20.4. The quantitative estimate of drug-likeness (QED) is 0.644. The Morgan fingerprint density at radius 3 is 3.00 bits per heavy atom. The van der Waals surface area contributed by atoms with E-state index in [2.05, 4.69) is 22.6 Å². The van der Waals surface area contributed by atoms with E-state index in [0.717, 1.165) is 30.1 Å². The summed E-state index contributed by atoms with van der Waals surface area (Å²) >= 11 is 1.57. The zero-order valence-electron chi connectivity index (χ0n) is 12.3. The number of carbonyl (C=O) groups is 1. The van der Waals surface area contributed by atoms with E-state index in [1.807, 2.05) is 0 Å². The first-order valence-electron chi connectivity index (χ1n) is 7.17. The number of thiophene rings is 1. The molecule has 0 aliphatic carbocycles. The highest BCUT2D eigenvalue weighted by molar-refractivity contribution is 7.16. The molecule has 2 aliphatic rings. The van der Waals surface area contributed by atoms with Crippen molar-refractivity contribution in [1.29, 1.82) is 0 Å². The lowest BCUT2D eigenvalue weighted by atomic mass is 10.0. The molecule has 2 aromatic heterocycles. The molecule has 8 nitrogen and oxygen atoms in total. The fraction of sp³-hybridized carbons (Fsp3) is 0.357. The molecular formula is C14H14N4O4S. The molecule has 1 amide bonds. The lowest BCUT2D eigenvalue weighted by Crippen LogP contribution is -2.38. The van der Waals surface area contributed by atoms with Crippen LogP contribution >= 0.6 is 11.3 Å². The number of likely N-dealkylation sites (N-methyl/N-ethyl adjacent to an activating group) is 1. The Kier molecular flexibility index (Phi) is 3.13. The zero-order valence-corrected chi connectivity index (χ0v) is 13.1. The number of rotatable bonds is 2. The van der Waals surface area contributed by atoms with Crippen LogP contribution in [-0.4, -0.2) is 29.3 Å². The van der Waals surface area contributed by atoms with Gasteiger partial charge in [-0.15, -0.1) is 11.3 Å². The van der Waals surface area contributed by atoms with Crippen molar-refractivity contribution in [3.05, 3.63) is 44.0 Å². The zero-order chi connectivity index (χ0) is 16.1. The molecule has 0 saturated heterocycles. The van der Waals surface area contributed by atoms with Gasteiger partial charge in [0.05, 0.1) is 11.6 Å². The average Bonchev–Trinajstić information content (AvgIpc) is 3.10. The number of nitro groups is 1. The van der Waals surface area contributed by atoms with Crippen molar-refractivity contribution in [3.8, 4) is 0 Å². The predicted octanol–water partition coefficient (Wildman–Crippen LogP) is 2.09. The third-order valence-electron chi connectivity index (χ3n) is 4.10. The Labute approximate surface area is 135 Å². The maximum atomic E-state index is 12.5. The van der Waals surface area contributed by atoms with Crippen molar-refractivity contribution in [1.82, 2.24) is 10.2 Å². The molecule has 2 N–H and O–H groups in total. The van der Waals surface area contributed by atoms with Crippen LogP contribution in [-0.2, 0) is 13.0 Å². The summed E-state index contributed by atoms with van der Waals surface area (Å²) in [4.78, 5) is 26.0. The van der Waals surface area contributed by atoms with Crippen LogP contribution in [0.15, 0.2) is 16.5 Å². The fourth-order valence-electron chi connectivity index (χ4n) is 2.98. The summed E-state index contributed by atoms with van der Waals surface area (Å²) in [5.41, 5.74) is 1.81. The van der Waals surface area contributed by atoms with Crippen molar-refractivity contribution in [2.75, 3.05) is 18.9 Å². The van der Waals surface area contributed by atoms with Crippen molar-refractivity contribution >= 4 is 28.1 Å². The standard InChI is InChI=1S/C14H14N4O4S/c1-17-5-4-7-9(6-17)23-14-11(7)13(19)15-12(16-14)8-2-3-10(22-8)18(20)21/h2-3,12,16H,4-6H2,1H3,(H,15,19)/t12-/m0/s1. The van der Waals surface area contributed by atoms with Gasteiger partial charge in [0.1, 0.15) is 9.92 Å². The van der Waals surface area contributed by atoms with E-state index < -0.39 is 11.1 Å². The van der Waals surface area contributed by atoms with Crippen molar-refractivity contribution in [3.63, 3.8) is 0 Å². The van der Waals surface area contributed by atoms with Crippen LogP contribution in [0, 0.1) is 10.1 Å². The first-order valence-corrected chi connectivity index (χ1v) is 7.99. The van der Waals surface area contributed by atoms with Gasteiger partial charge in [-0.3, -0.25) is 14.9 Å². The van der Waals surface area contributed by atoms with E-state index in [1.165, 1.54) is 17.0 Å². The molecule has 2 aromatic rings. The van der Waals surface area contributed by atoms with Gasteiger partial charge in [0.25, 0.3) is 5.91 Å². The molecule has 4 heterocycles. The molecule has 120 valence electrons. The Morgan fingerprint density at radius 2 is 2.26 bits per heavy atom. The van der Waals surface area contributed by atoms with Gasteiger partial charge in [-0.25, -0.2) is 0 Å². The summed E-state index contributed by atoms with van der Waals surface area (Å²) in [6.07, 6.45) is 0.255. The smallest absolute Gasteiger partial charge is 0.402 e. The molecule has 0 aromatic carbocycles. The Balaban J connectivity index is 1.67. The molecule has 0 unspecified atom stereocenters. The average molecular weight is 334 g/mol. The van der Waals surface area contributed by atoms with Gasteiger partial charge in [0, 0.05) is 18.0 Å². The minimum atomic E-state index is -0.598. The monoisotopic (exact) mass is 334 g/mol. The van der Waals surface area contributed by atoms with Crippen LogP contribution in [0.3, 0.4) is 0 Å². The number of hydrogen-bond acceptors (Lipinski definition) is 7. The van der Waals surface area contributed by atoms with Crippen LogP contribution in [0.5, 0.6) is 0 Å². The topological polar surface area (TPSA) is 101 Å². The van der Waals surface area contributed by atoms with Crippen LogP contribution in [0.2, 0.25) is 0 Å². The number of carbonyl (C=O) groups excluding carboxylic acids is 1. The predicted molar refractivity (Wildman–Crippen MR) is 83.5 cm³/mol. The van der Waals surface area contributed by atoms with Crippen LogP contribution in [0.4, 0.5) is 10.9 Å². The third-order valence-corrected chi connectivity index (χ3v) is 5.25. The van der Waals surface area contributed by atoms with Crippen LogP contribution in [0.1, 0.15) is 32.7 Å². The number of nitrogens with zero attached hydrogens (tertiary/aromatic N) is 2. The molecule has 1 atom stereocenters. The summed E-state index contributed by atoms with van der Waals surface area (Å²) in [5.74, 6) is -0.182. The van der Waals surface area contributed by atoms with Gasteiger partial charge in [0.15, 0.2) is 11.9 Å². The van der Waals surface area contributed by atoms with E-state index in [9.17, 15) is 14.9 Å².